The van der Waals surface area contributed by atoms with Gasteiger partial charge in [-0.3, -0.25) is 4.68 Å². The molecule has 3 heterocycles. The fraction of sp³-hybridized carbons (Fsp3) is 0.444. The highest BCUT2D eigenvalue weighted by molar-refractivity contribution is 5.55. The minimum atomic E-state index is 0.557. The molecule has 0 bridgehead atoms. The van der Waals surface area contributed by atoms with E-state index in [0.29, 0.717) is 12.5 Å². The molecule has 0 amide bonds. The van der Waals surface area contributed by atoms with Gasteiger partial charge in [-0.05, 0) is 32.8 Å². The molecular weight excluding hydrogens is 316 g/mol. The van der Waals surface area contributed by atoms with E-state index in [-0.39, 0.29) is 0 Å². The van der Waals surface area contributed by atoms with Crippen LogP contribution < -0.4 is 5.32 Å². The van der Waals surface area contributed by atoms with Crippen molar-refractivity contribution in [3.63, 3.8) is 0 Å². The minimum absolute atomic E-state index is 0.557. The Labute approximate surface area is 146 Å². The van der Waals surface area contributed by atoms with Crippen LogP contribution >= 0.6 is 0 Å². The second-order valence-corrected chi connectivity index (χ2v) is 6.48. The molecule has 0 aliphatic heterocycles. The Morgan fingerprint density at radius 2 is 2.16 bits per heavy atom. The fourth-order valence-corrected chi connectivity index (χ4v) is 3.15. The first kappa shape index (κ1) is 15.8. The van der Waals surface area contributed by atoms with Crippen LogP contribution in [0.15, 0.2) is 29.2 Å². The molecule has 1 fully saturated rings. The summed E-state index contributed by atoms with van der Waals surface area (Å²) in [4.78, 5) is 9.01. The van der Waals surface area contributed by atoms with Gasteiger partial charge in [-0.2, -0.15) is 5.10 Å². The van der Waals surface area contributed by atoms with Gasteiger partial charge in [-0.25, -0.2) is 9.97 Å². The molecule has 7 nitrogen and oxygen atoms in total. The lowest BCUT2D eigenvalue weighted by atomic mass is 9.81. The Morgan fingerprint density at radius 3 is 2.84 bits per heavy atom. The van der Waals surface area contributed by atoms with Gasteiger partial charge in [0.15, 0.2) is 0 Å². The zero-order valence-electron chi connectivity index (χ0n) is 14.6. The monoisotopic (exact) mass is 338 g/mol. The number of hydrogen-bond donors (Lipinski definition) is 1. The molecule has 0 atom stereocenters. The van der Waals surface area contributed by atoms with Gasteiger partial charge in [-0.15, -0.1) is 0 Å². The summed E-state index contributed by atoms with van der Waals surface area (Å²) in [6.07, 6.45) is 8.97. The summed E-state index contributed by atoms with van der Waals surface area (Å²) in [6, 6.07) is 2.03. The van der Waals surface area contributed by atoms with Gasteiger partial charge in [0.25, 0.3) is 0 Å². The molecule has 1 saturated carbocycles. The molecule has 130 valence electrons. The average molecular weight is 338 g/mol. The van der Waals surface area contributed by atoms with Crippen LogP contribution in [0.4, 0.5) is 5.82 Å². The van der Waals surface area contributed by atoms with E-state index in [1.807, 2.05) is 17.7 Å². The van der Waals surface area contributed by atoms with Gasteiger partial charge in [0.05, 0.1) is 29.5 Å². The van der Waals surface area contributed by atoms with Crippen LogP contribution in [0.3, 0.4) is 0 Å². The molecule has 0 radical (unpaired) electrons. The first-order chi connectivity index (χ1) is 12.2. The molecule has 4 rings (SSSR count). The Kier molecular flexibility index (Phi) is 4.21. The number of aryl methyl sites for hydroxylation is 2. The van der Waals surface area contributed by atoms with Gasteiger partial charge < -0.3 is 9.84 Å². The number of hydrogen-bond acceptors (Lipinski definition) is 6. The summed E-state index contributed by atoms with van der Waals surface area (Å²) in [5.41, 5.74) is 5.00. The van der Waals surface area contributed by atoms with Crippen LogP contribution in [-0.2, 0) is 13.1 Å². The summed E-state index contributed by atoms with van der Waals surface area (Å²) >= 11 is 0. The lowest BCUT2D eigenvalue weighted by Gasteiger charge is -2.23. The summed E-state index contributed by atoms with van der Waals surface area (Å²) in [7, 11) is 0. The van der Waals surface area contributed by atoms with E-state index in [1.54, 1.807) is 18.7 Å². The smallest absolute Gasteiger partial charge is 0.144 e. The first-order valence-corrected chi connectivity index (χ1v) is 8.78. The van der Waals surface area contributed by atoms with Crippen molar-refractivity contribution in [3.05, 3.63) is 41.7 Å². The molecule has 3 aromatic heterocycles. The van der Waals surface area contributed by atoms with Crippen LogP contribution in [-0.4, -0.2) is 24.9 Å². The second-order valence-electron chi connectivity index (χ2n) is 6.48. The third kappa shape index (κ3) is 3.14. The van der Waals surface area contributed by atoms with Gasteiger partial charge >= 0.3 is 0 Å². The highest BCUT2D eigenvalue weighted by atomic mass is 16.5. The summed E-state index contributed by atoms with van der Waals surface area (Å²) in [6.45, 7) is 5.51. The SMILES string of the molecule is CCn1nc(C)cc1-c1cnc(NCc2conc2C2CCC2)cn1. The molecule has 1 aliphatic carbocycles. The molecule has 1 N–H and O–H groups in total. The summed E-state index contributed by atoms with van der Waals surface area (Å²) in [5, 5.41) is 11.9. The van der Waals surface area contributed by atoms with Crippen LogP contribution in [0.5, 0.6) is 0 Å². The van der Waals surface area contributed by atoms with Crippen molar-refractivity contribution in [1.82, 2.24) is 24.9 Å². The molecular formula is C18H22N6O. The Bertz CT molecular complexity index is 847. The standard InChI is InChI=1S/C18H22N6O/c1-3-24-16(7-12(2)22-24)15-9-21-17(10-19-15)20-8-14-11-25-23-18(14)13-5-4-6-13/h7,9-11,13H,3-6,8H2,1-2H3,(H,20,21). The minimum Gasteiger partial charge on any atom is -0.365 e. The predicted octanol–water partition coefficient (Wildman–Crippen LogP) is 3.54. The first-order valence-electron chi connectivity index (χ1n) is 8.78. The van der Waals surface area contributed by atoms with Crippen LogP contribution in [0.25, 0.3) is 11.4 Å². The number of nitrogens with one attached hydrogen (secondary N) is 1. The molecule has 0 spiro atoms. The van der Waals surface area contributed by atoms with Gasteiger partial charge in [0, 0.05) is 24.6 Å². The van der Waals surface area contributed by atoms with E-state index in [9.17, 15) is 0 Å². The summed E-state index contributed by atoms with van der Waals surface area (Å²) in [5.74, 6) is 1.30. The largest absolute Gasteiger partial charge is 0.365 e. The maximum atomic E-state index is 5.16. The molecule has 0 saturated heterocycles. The van der Waals surface area contributed by atoms with E-state index in [1.165, 1.54) is 19.3 Å². The maximum Gasteiger partial charge on any atom is 0.144 e. The normalized spacial score (nSPS) is 14.5. The van der Waals surface area contributed by atoms with Crippen molar-refractivity contribution >= 4 is 5.82 Å². The van der Waals surface area contributed by atoms with E-state index in [4.69, 9.17) is 4.52 Å². The number of nitrogens with zero attached hydrogens (tertiary/aromatic N) is 5. The Hall–Kier alpha value is -2.70. The lowest BCUT2D eigenvalue weighted by Crippen LogP contribution is -2.12. The van der Waals surface area contributed by atoms with Crippen molar-refractivity contribution < 1.29 is 4.52 Å². The van der Waals surface area contributed by atoms with Gasteiger partial charge in [0.2, 0.25) is 0 Å². The maximum absolute atomic E-state index is 5.16. The van der Waals surface area contributed by atoms with Crippen molar-refractivity contribution in [1.29, 1.82) is 0 Å². The van der Waals surface area contributed by atoms with Crippen molar-refractivity contribution in [3.8, 4) is 11.4 Å². The van der Waals surface area contributed by atoms with Crippen LogP contribution in [0.1, 0.15) is 49.1 Å². The van der Waals surface area contributed by atoms with E-state index in [2.05, 4.69) is 32.5 Å². The van der Waals surface area contributed by atoms with Gasteiger partial charge in [0.1, 0.15) is 17.8 Å². The number of rotatable bonds is 6. The number of aromatic nitrogens is 5. The lowest BCUT2D eigenvalue weighted by molar-refractivity contribution is 0.363. The molecule has 7 heteroatoms. The zero-order valence-corrected chi connectivity index (χ0v) is 14.6. The molecule has 25 heavy (non-hydrogen) atoms. The van der Waals surface area contributed by atoms with Crippen molar-refractivity contribution in [2.45, 2.75) is 52.1 Å². The topological polar surface area (TPSA) is 81.7 Å². The Balaban J connectivity index is 1.45. The van der Waals surface area contributed by atoms with E-state index < -0.39 is 0 Å². The zero-order chi connectivity index (χ0) is 17.2. The molecule has 0 unspecified atom stereocenters. The van der Waals surface area contributed by atoms with Crippen molar-refractivity contribution in [2.75, 3.05) is 5.32 Å². The third-order valence-electron chi connectivity index (χ3n) is 4.74. The van der Waals surface area contributed by atoms with Crippen molar-refractivity contribution in [2.24, 2.45) is 0 Å². The average Bonchev–Trinajstić information content (AvgIpc) is 3.18. The fourth-order valence-electron chi connectivity index (χ4n) is 3.15. The highest BCUT2D eigenvalue weighted by Gasteiger charge is 2.25. The molecule has 3 aromatic rings. The number of anilines is 1. The van der Waals surface area contributed by atoms with Crippen LogP contribution in [0, 0.1) is 6.92 Å². The second kappa shape index (κ2) is 6.66. The van der Waals surface area contributed by atoms with Crippen LogP contribution in [0.2, 0.25) is 0 Å². The van der Waals surface area contributed by atoms with Gasteiger partial charge in [-0.1, -0.05) is 11.6 Å². The Morgan fingerprint density at radius 1 is 1.28 bits per heavy atom. The quantitative estimate of drug-likeness (QED) is 0.740. The summed E-state index contributed by atoms with van der Waals surface area (Å²) < 4.78 is 7.10. The predicted molar refractivity (Wildman–Crippen MR) is 94.1 cm³/mol. The van der Waals surface area contributed by atoms with E-state index in [0.717, 1.165) is 40.7 Å². The highest BCUT2D eigenvalue weighted by Crippen LogP contribution is 2.37. The molecule has 0 aromatic carbocycles. The van der Waals surface area contributed by atoms with E-state index >= 15 is 0 Å². The molecule has 1 aliphatic rings. The third-order valence-corrected chi connectivity index (χ3v) is 4.74.